The predicted molar refractivity (Wildman–Crippen MR) is 123 cm³/mol. The van der Waals surface area contributed by atoms with Crippen LogP contribution in [0.3, 0.4) is 0 Å². The van der Waals surface area contributed by atoms with Crippen molar-refractivity contribution < 1.29 is 4.79 Å². The van der Waals surface area contributed by atoms with E-state index in [2.05, 4.69) is 64.2 Å². The molecule has 4 N–H and O–H groups in total. The lowest BCUT2D eigenvalue weighted by atomic mass is 9.88. The van der Waals surface area contributed by atoms with Gasteiger partial charge >= 0.3 is 0 Å². The third kappa shape index (κ3) is 5.95. The van der Waals surface area contributed by atoms with Crippen molar-refractivity contribution in [3.63, 3.8) is 0 Å². The molecule has 3 aromatic rings. The highest BCUT2D eigenvalue weighted by atomic mass is 16.1. The Bertz CT molecular complexity index is 931. The van der Waals surface area contributed by atoms with Crippen molar-refractivity contribution in [2.45, 2.75) is 18.9 Å². The van der Waals surface area contributed by atoms with Gasteiger partial charge in [0.1, 0.15) is 0 Å². The monoisotopic (exact) mass is 400 g/mol. The molecule has 0 aromatic heterocycles. The quantitative estimate of drug-likeness (QED) is 0.399. The third-order valence-electron chi connectivity index (χ3n) is 5.02. The number of nitrogens with one attached hydrogen (secondary N) is 2. The van der Waals surface area contributed by atoms with E-state index in [0.717, 1.165) is 24.5 Å². The van der Waals surface area contributed by atoms with Crippen LogP contribution in [0.2, 0.25) is 0 Å². The molecule has 0 fully saturated rings. The molecule has 0 bridgehead atoms. The Labute approximate surface area is 178 Å². The van der Waals surface area contributed by atoms with Crippen LogP contribution in [0, 0.1) is 0 Å². The first-order valence-electron chi connectivity index (χ1n) is 10.1. The SMILES string of the molecule is CN=C(NCCC(c1ccccc1)c1ccccc1)NCc1cccc(C(N)=O)c1. The summed E-state index contributed by atoms with van der Waals surface area (Å²) in [6.07, 6.45) is 0.936. The molecular weight excluding hydrogens is 372 g/mol. The highest BCUT2D eigenvalue weighted by Gasteiger charge is 2.13. The highest BCUT2D eigenvalue weighted by Crippen LogP contribution is 2.27. The van der Waals surface area contributed by atoms with Gasteiger partial charge in [0.15, 0.2) is 5.96 Å². The molecule has 0 aliphatic carbocycles. The maximum absolute atomic E-state index is 11.4. The smallest absolute Gasteiger partial charge is 0.248 e. The van der Waals surface area contributed by atoms with Crippen LogP contribution < -0.4 is 16.4 Å². The minimum absolute atomic E-state index is 0.310. The van der Waals surface area contributed by atoms with Crippen LogP contribution in [0.25, 0.3) is 0 Å². The minimum Gasteiger partial charge on any atom is -0.366 e. The maximum Gasteiger partial charge on any atom is 0.248 e. The van der Waals surface area contributed by atoms with Crippen LogP contribution in [0.1, 0.15) is 39.4 Å². The van der Waals surface area contributed by atoms with E-state index in [9.17, 15) is 4.79 Å². The summed E-state index contributed by atoms with van der Waals surface area (Å²) in [6.45, 7) is 1.33. The number of amides is 1. The van der Waals surface area contributed by atoms with Gasteiger partial charge in [0.25, 0.3) is 0 Å². The Hall–Kier alpha value is -3.60. The lowest BCUT2D eigenvalue weighted by Crippen LogP contribution is -2.37. The standard InChI is InChI=1S/C25H28N4O/c1-27-25(29-18-19-9-8-14-22(17-19)24(26)30)28-16-15-23(20-10-4-2-5-11-20)21-12-6-3-7-13-21/h2-14,17,23H,15-16,18H2,1H3,(H2,26,30)(H2,27,28,29). The highest BCUT2D eigenvalue weighted by molar-refractivity contribution is 5.92. The van der Waals surface area contributed by atoms with Gasteiger partial charge in [0, 0.05) is 31.6 Å². The van der Waals surface area contributed by atoms with E-state index in [-0.39, 0.29) is 0 Å². The van der Waals surface area contributed by atoms with Gasteiger partial charge in [-0.2, -0.15) is 0 Å². The molecule has 154 valence electrons. The summed E-state index contributed by atoms with van der Waals surface area (Å²) in [5, 5.41) is 6.69. The second kappa shape index (κ2) is 10.8. The van der Waals surface area contributed by atoms with Crippen molar-refractivity contribution in [3.8, 4) is 0 Å². The summed E-state index contributed by atoms with van der Waals surface area (Å²) in [4.78, 5) is 15.7. The second-order valence-electron chi connectivity index (χ2n) is 7.08. The molecule has 0 aliphatic heterocycles. The van der Waals surface area contributed by atoms with Crippen molar-refractivity contribution in [2.24, 2.45) is 10.7 Å². The number of rotatable bonds is 8. The number of nitrogens with two attached hydrogens (primary N) is 1. The van der Waals surface area contributed by atoms with Gasteiger partial charge < -0.3 is 16.4 Å². The van der Waals surface area contributed by atoms with Crippen LogP contribution in [0.5, 0.6) is 0 Å². The first kappa shape index (κ1) is 21.1. The van der Waals surface area contributed by atoms with E-state index < -0.39 is 5.91 Å². The number of primary amides is 1. The summed E-state index contributed by atoms with van der Waals surface area (Å²) >= 11 is 0. The molecule has 1 amide bonds. The van der Waals surface area contributed by atoms with Gasteiger partial charge in [-0.3, -0.25) is 9.79 Å². The minimum atomic E-state index is -0.424. The molecule has 0 saturated carbocycles. The first-order chi connectivity index (χ1) is 14.7. The largest absolute Gasteiger partial charge is 0.366 e. The van der Waals surface area contributed by atoms with Crippen molar-refractivity contribution >= 4 is 11.9 Å². The van der Waals surface area contributed by atoms with Gasteiger partial charge in [-0.05, 0) is 35.2 Å². The summed E-state index contributed by atoms with van der Waals surface area (Å²) in [5.74, 6) is 0.608. The van der Waals surface area contributed by atoms with E-state index in [1.807, 2.05) is 24.3 Å². The Morgan fingerprint density at radius 1 is 0.900 bits per heavy atom. The summed E-state index contributed by atoms with van der Waals surface area (Å²) in [5.41, 5.74) is 9.44. The molecule has 30 heavy (non-hydrogen) atoms. The fourth-order valence-corrected chi connectivity index (χ4v) is 3.47. The fraction of sp³-hybridized carbons (Fsp3) is 0.200. The number of benzene rings is 3. The molecule has 0 unspecified atom stereocenters. The predicted octanol–water partition coefficient (Wildman–Crippen LogP) is 3.67. The Balaban J connectivity index is 1.58. The molecule has 5 nitrogen and oxygen atoms in total. The van der Waals surface area contributed by atoms with Crippen molar-refractivity contribution in [1.82, 2.24) is 10.6 Å². The summed E-state index contributed by atoms with van der Waals surface area (Å²) < 4.78 is 0. The number of carbonyl (C=O) groups excluding carboxylic acids is 1. The second-order valence-corrected chi connectivity index (χ2v) is 7.08. The van der Waals surface area contributed by atoms with E-state index in [1.54, 1.807) is 19.2 Å². The molecule has 0 saturated heterocycles. The lowest BCUT2D eigenvalue weighted by Gasteiger charge is -2.19. The Morgan fingerprint density at radius 3 is 2.10 bits per heavy atom. The van der Waals surface area contributed by atoms with E-state index in [0.29, 0.717) is 18.0 Å². The first-order valence-corrected chi connectivity index (χ1v) is 10.1. The van der Waals surface area contributed by atoms with Crippen molar-refractivity contribution in [1.29, 1.82) is 0 Å². The molecular formula is C25H28N4O. The molecule has 0 atom stereocenters. The Kier molecular flexibility index (Phi) is 7.61. The van der Waals surface area contributed by atoms with Crippen LogP contribution in [0.15, 0.2) is 89.9 Å². The zero-order chi connectivity index (χ0) is 21.2. The normalized spacial score (nSPS) is 11.3. The van der Waals surface area contributed by atoms with E-state index in [4.69, 9.17) is 5.73 Å². The molecule has 3 rings (SSSR count). The topological polar surface area (TPSA) is 79.5 Å². The van der Waals surface area contributed by atoms with Gasteiger partial charge in [-0.25, -0.2) is 0 Å². The molecule has 5 heteroatoms. The van der Waals surface area contributed by atoms with Gasteiger partial charge in [-0.15, -0.1) is 0 Å². The van der Waals surface area contributed by atoms with Crippen LogP contribution >= 0.6 is 0 Å². The zero-order valence-electron chi connectivity index (χ0n) is 17.2. The fourth-order valence-electron chi connectivity index (χ4n) is 3.47. The average molecular weight is 401 g/mol. The molecule has 0 heterocycles. The van der Waals surface area contributed by atoms with Gasteiger partial charge in [-0.1, -0.05) is 72.8 Å². The average Bonchev–Trinajstić information content (AvgIpc) is 2.80. The molecule has 3 aromatic carbocycles. The number of nitrogens with zero attached hydrogens (tertiary/aromatic N) is 1. The van der Waals surface area contributed by atoms with Crippen molar-refractivity contribution in [3.05, 3.63) is 107 Å². The third-order valence-corrected chi connectivity index (χ3v) is 5.02. The zero-order valence-corrected chi connectivity index (χ0v) is 17.2. The molecule has 0 aliphatic rings. The van der Waals surface area contributed by atoms with Crippen LogP contribution in [-0.4, -0.2) is 25.5 Å². The Morgan fingerprint density at radius 2 is 1.53 bits per heavy atom. The summed E-state index contributed by atoms with van der Waals surface area (Å²) in [6, 6.07) is 28.4. The van der Waals surface area contributed by atoms with Crippen LogP contribution in [-0.2, 0) is 6.54 Å². The summed E-state index contributed by atoms with van der Waals surface area (Å²) in [7, 11) is 1.75. The number of hydrogen-bond donors (Lipinski definition) is 3. The van der Waals surface area contributed by atoms with Crippen molar-refractivity contribution in [2.75, 3.05) is 13.6 Å². The molecule has 0 radical (unpaired) electrons. The number of aliphatic imine (C=N–C) groups is 1. The number of hydrogen-bond acceptors (Lipinski definition) is 2. The van der Waals surface area contributed by atoms with Crippen LogP contribution in [0.4, 0.5) is 0 Å². The lowest BCUT2D eigenvalue weighted by molar-refractivity contribution is 0.1000. The van der Waals surface area contributed by atoms with Gasteiger partial charge in [0.2, 0.25) is 5.91 Å². The maximum atomic E-state index is 11.4. The molecule has 0 spiro atoms. The van der Waals surface area contributed by atoms with E-state index in [1.165, 1.54) is 11.1 Å². The van der Waals surface area contributed by atoms with E-state index >= 15 is 0 Å². The van der Waals surface area contributed by atoms with Gasteiger partial charge in [0.05, 0.1) is 0 Å². The number of guanidine groups is 1. The number of carbonyl (C=O) groups is 1.